The summed E-state index contributed by atoms with van der Waals surface area (Å²) in [5, 5.41) is 2.80. The van der Waals surface area contributed by atoms with Crippen LogP contribution in [0.25, 0.3) is 0 Å². The molecule has 2 aromatic carbocycles. The van der Waals surface area contributed by atoms with Crippen LogP contribution in [0.3, 0.4) is 0 Å². The zero-order chi connectivity index (χ0) is 16.4. The van der Waals surface area contributed by atoms with E-state index in [2.05, 4.69) is 5.32 Å². The van der Waals surface area contributed by atoms with Crippen LogP contribution in [0.2, 0.25) is 0 Å². The van der Waals surface area contributed by atoms with Crippen molar-refractivity contribution in [3.8, 4) is 11.5 Å². The number of methoxy groups -OCH3 is 1. The van der Waals surface area contributed by atoms with Gasteiger partial charge in [0.2, 0.25) is 0 Å². The summed E-state index contributed by atoms with van der Waals surface area (Å²) in [6.45, 7) is 0.0148. The third kappa shape index (κ3) is 2.96. The number of nitrogens with one attached hydrogen (secondary N) is 1. The number of hydrogen-bond acceptors (Lipinski definition) is 4. The van der Waals surface area contributed by atoms with E-state index >= 15 is 0 Å². The molecule has 1 aliphatic heterocycles. The van der Waals surface area contributed by atoms with Gasteiger partial charge in [0.25, 0.3) is 11.8 Å². The summed E-state index contributed by atoms with van der Waals surface area (Å²) < 4.78 is 10.4. The molecule has 0 aromatic heterocycles. The van der Waals surface area contributed by atoms with Gasteiger partial charge in [-0.1, -0.05) is 0 Å². The molecule has 6 heteroatoms. The fourth-order valence-electron chi connectivity index (χ4n) is 2.29. The molecule has 0 saturated heterocycles. The number of carbonyl (C=O) groups is 2. The zero-order valence-corrected chi connectivity index (χ0v) is 12.8. The first kappa shape index (κ1) is 14.9. The van der Waals surface area contributed by atoms with Crippen LogP contribution in [-0.4, -0.2) is 32.6 Å². The summed E-state index contributed by atoms with van der Waals surface area (Å²) in [6, 6.07) is 12.1. The molecule has 0 unspecified atom stereocenters. The Labute approximate surface area is 133 Å². The van der Waals surface area contributed by atoms with Crippen molar-refractivity contribution in [2.24, 2.45) is 0 Å². The molecule has 118 valence electrons. The van der Waals surface area contributed by atoms with Crippen molar-refractivity contribution >= 4 is 23.2 Å². The first-order valence-electron chi connectivity index (χ1n) is 7.07. The fraction of sp³-hybridized carbons (Fsp3) is 0.176. The van der Waals surface area contributed by atoms with E-state index in [9.17, 15) is 9.59 Å². The summed E-state index contributed by atoms with van der Waals surface area (Å²) >= 11 is 0. The number of ether oxygens (including phenoxy) is 2. The second-order valence-electron chi connectivity index (χ2n) is 5.11. The van der Waals surface area contributed by atoms with Crippen molar-refractivity contribution < 1.29 is 19.1 Å². The average molecular weight is 312 g/mol. The number of rotatable bonds is 3. The van der Waals surface area contributed by atoms with Crippen LogP contribution in [0, 0.1) is 0 Å². The second kappa shape index (κ2) is 6.00. The molecule has 0 radical (unpaired) electrons. The Morgan fingerprint density at radius 2 is 1.96 bits per heavy atom. The number of amides is 2. The fourth-order valence-corrected chi connectivity index (χ4v) is 2.29. The van der Waals surface area contributed by atoms with Gasteiger partial charge in [-0.15, -0.1) is 0 Å². The van der Waals surface area contributed by atoms with Crippen molar-refractivity contribution in [2.75, 3.05) is 31.0 Å². The van der Waals surface area contributed by atoms with Crippen LogP contribution in [-0.2, 0) is 4.79 Å². The molecule has 23 heavy (non-hydrogen) atoms. The van der Waals surface area contributed by atoms with Crippen LogP contribution in [0.15, 0.2) is 42.5 Å². The van der Waals surface area contributed by atoms with E-state index in [1.54, 1.807) is 56.6 Å². The minimum absolute atomic E-state index is 0.0148. The normalized spacial score (nSPS) is 13.1. The van der Waals surface area contributed by atoms with Gasteiger partial charge in [0.05, 0.1) is 12.8 Å². The molecule has 1 heterocycles. The molecule has 0 aliphatic carbocycles. The molecule has 0 saturated carbocycles. The quantitative estimate of drug-likeness (QED) is 0.944. The highest BCUT2D eigenvalue weighted by Gasteiger charge is 2.23. The minimum Gasteiger partial charge on any atom is -0.497 e. The van der Waals surface area contributed by atoms with Gasteiger partial charge in [-0.3, -0.25) is 9.59 Å². The van der Waals surface area contributed by atoms with Gasteiger partial charge >= 0.3 is 0 Å². The second-order valence-corrected chi connectivity index (χ2v) is 5.11. The van der Waals surface area contributed by atoms with Crippen molar-refractivity contribution in [1.82, 2.24) is 0 Å². The highest BCUT2D eigenvalue weighted by atomic mass is 16.5. The first-order chi connectivity index (χ1) is 11.1. The van der Waals surface area contributed by atoms with Gasteiger partial charge in [0.1, 0.15) is 11.5 Å². The van der Waals surface area contributed by atoms with Crippen LogP contribution >= 0.6 is 0 Å². The highest BCUT2D eigenvalue weighted by Crippen LogP contribution is 2.32. The molecule has 2 amide bonds. The maximum Gasteiger partial charge on any atom is 0.264 e. The van der Waals surface area contributed by atoms with Crippen LogP contribution in [0.1, 0.15) is 10.4 Å². The molecule has 1 N–H and O–H groups in total. The Hall–Kier alpha value is -3.02. The third-order valence-electron chi connectivity index (χ3n) is 3.66. The lowest BCUT2D eigenvalue weighted by Crippen LogP contribution is -2.35. The number of nitrogens with zero attached hydrogens (tertiary/aromatic N) is 1. The smallest absolute Gasteiger partial charge is 0.264 e. The predicted molar refractivity (Wildman–Crippen MR) is 86.3 cm³/mol. The molecular formula is C17H16N2O4. The molecule has 0 atom stereocenters. The zero-order valence-electron chi connectivity index (χ0n) is 12.8. The SMILES string of the molecule is COc1ccc(NC(=O)c2ccc3c(c2)N(C)C(=O)CO3)cc1. The minimum atomic E-state index is -0.260. The van der Waals surface area contributed by atoms with Gasteiger partial charge in [0.15, 0.2) is 6.61 Å². The molecule has 0 spiro atoms. The average Bonchev–Trinajstić information content (AvgIpc) is 2.58. The van der Waals surface area contributed by atoms with Crippen LogP contribution in [0.4, 0.5) is 11.4 Å². The molecule has 3 rings (SSSR count). The monoisotopic (exact) mass is 312 g/mol. The van der Waals surface area contributed by atoms with Gasteiger partial charge in [-0.2, -0.15) is 0 Å². The predicted octanol–water partition coefficient (Wildman–Crippen LogP) is 2.30. The Balaban J connectivity index is 1.81. The van der Waals surface area contributed by atoms with Crippen LogP contribution in [0.5, 0.6) is 11.5 Å². The molecule has 6 nitrogen and oxygen atoms in total. The molecule has 1 aliphatic rings. The van der Waals surface area contributed by atoms with Crippen molar-refractivity contribution in [3.63, 3.8) is 0 Å². The van der Waals surface area contributed by atoms with E-state index in [4.69, 9.17) is 9.47 Å². The Morgan fingerprint density at radius 3 is 2.65 bits per heavy atom. The van der Waals surface area contributed by atoms with E-state index in [0.29, 0.717) is 28.4 Å². The number of fused-ring (bicyclic) bond motifs is 1. The maximum atomic E-state index is 12.4. The third-order valence-corrected chi connectivity index (χ3v) is 3.66. The summed E-state index contributed by atoms with van der Waals surface area (Å²) in [6.07, 6.45) is 0. The van der Waals surface area contributed by atoms with E-state index < -0.39 is 0 Å². The van der Waals surface area contributed by atoms with Gasteiger partial charge < -0.3 is 19.7 Å². The number of anilines is 2. The number of likely N-dealkylation sites (N-methyl/N-ethyl adjacent to an activating group) is 1. The lowest BCUT2D eigenvalue weighted by molar-refractivity contribution is -0.120. The van der Waals surface area contributed by atoms with Gasteiger partial charge in [-0.05, 0) is 42.5 Å². The van der Waals surface area contributed by atoms with Crippen molar-refractivity contribution in [3.05, 3.63) is 48.0 Å². The van der Waals surface area contributed by atoms with Crippen LogP contribution < -0.4 is 19.7 Å². The molecule has 2 aromatic rings. The van der Waals surface area contributed by atoms with Gasteiger partial charge in [0, 0.05) is 18.3 Å². The Kier molecular flexibility index (Phi) is 3.89. The largest absolute Gasteiger partial charge is 0.497 e. The summed E-state index contributed by atoms with van der Waals surface area (Å²) in [4.78, 5) is 25.5. The topological polar surface area (TPSA) is 67.9 Å². The summed E-state index contributed by atoms with van der Waals surface area (Å²) in [5.74, 6) is 0.900. The van der Waals surface area contributed by atoms with Crippen molar-refractivity contribution in [2.45, 2.75) is 0 Å². The molecule has 0 bridgehead atoms. The molecule has 0 fully saturated rings. The van der Waals surface area contributed by atoms with E-state index in [-0.39, 0.29) is 18.4 Å². The number of benzene rings is 2. The number of hydrogen-bond donors (Lipinski definition) is 1. The lowest BCUT2D eigenvalue weighted by atomic mass is 10.1. The standard InChI is InChI=1S/C17H16N2O4/c1-19-14-9-11(3-8-15(14)23-10-16(19)20)17(21)18-12-4-6-13(22-2)7-5-12/h3-9H,10H2,1-2H3,(H,18,21). The Bertz CT molecular complexity index is 756. The highest BCUT2D eigenvalue weighted by molar-refractivity contribution is 6.06. The van der Waals surface area contributed by atoms with E-state index in [1.807, 2.05) is 0 Å². The van der Waals surface area contributed by atoms with E-state index in [0.717, 1.165) is 0 Å². The maximum absolute atomic E-state index is 12.4. The first-order valence-corrected chi connectivity index (χ1v) is 7.07. The van der Waals surface area contributed by atoms with Gasteiger partial charge in [-0.25, -0.2) is 0 Å². The van der Waals surface area contributed by atoms with E-state index in [1.165, 1.54) is 4.90 Å². The summed E-state index contributed by atoms with van der Waals surface area (Å²) in [7, 11) is 3.25. The number of carbonyl (C=O) groups excluding carboxylic acids is 2. The van der Waals surface area contributed by atoms with Crippen molar-refractivity contribution in [1.29, 1.82) is 0 Å². The lowest BCUT2D eigenvalue weighted by Gasteiger charge is -2.26. The Morgan fingerprint density at radius 1 is 1.22 bits per heavy atom. The summed E-state index contributed by atoms with van der Waals surface area (Å²) in [5.41, 5.74) is 1.70. The molecular weight excluding hydrogens is 296 g/mol.